The van der Waals surface area contributed by atoms with E-state index in [2.05, 4.69) is 22.2 Å². The highest BCUT2D eigenvalue weighted by Gasteiger charge is 2.08. The van der Waals surface area contributed by atoms with Gasteiger partial charge in [0, 0.05) is 16.1 Å². The van der Waals surface area contributed by atoms with Crippen molar-refractivity contribution in [1.29, 1.82) is 0 Å². The third kappa shape index (κ3) is 4.36. The summed E-state index contributed by atoms with van der Waals surface area (Å²) < 4.78 is 6.78. The van der Waals surface area contributed by atoms with Gasteiger partial charge in [-0.3, -0.25) is 0 Å². The molecule has 0 aliphatic rings. The zero-order valence-electron chi connectivity index (χ0n) is 9.70. The summed E-state index contributed by atoms with van der Waals surface area (Å²) in [5.41, 5.74) is 6.96. The van der Waals surface area contributed by atoms with E-state index in [1.54, 1.807) is 0 Å². The molecule has 0 amide bonds. The van der Waals surface area contributed by atoms with Crippen molar-refractivity contribution in [2.24, 2.45) is 5.73 Å². The fourth-order valence-electron chi connectivity index (χ4n) is 1.39. The van der Waals surface area contributed by atoms with E-state index < -0.39 is 0 Å². The number of rotatable bonds is 6. The van der Waals surface area contributed by atoms with E-state index >= 15 is 0 Å². The average molecular weight is 304 g/mol. The van der Waals surface area contributed by atoms with Crippen molar-refractivity contribution >= 4 is 27.7 Å². The van der Waals surface area contributed by atoms with Crippen LogP contribution in [0, 0.1) is 0 Å². The third-order valence-corrected chi connectivity index (χ3v) is 3.41. The Morgan fingerprint density at radius 2 is 2.25 bits per heavy atom. The zero-order chi connectivity index (χ0) is 12.0. The lowest BCUT2D eigenvalue weighted by molar-refractivity contribution is 0.314. The molecule has 4 heteroatoms. The van der Waals surface area contributed by atoms with Crippen LogP contribution in [0.1, 0.15) is 24.9 Å². The van der Waals surface area contributed by atoms with Crippen molar-refractivity contribution in [2.45, 2.75) is 19.4 Å². The fraction of sp³-hybridized carbons (Fsp3) is 0.500. The summed E-state index contributed by atoms with van der Waals surface area (Å²) in [5, 5.41) is 0. The maximum Gasteiger partial charge on any atom is 0.125 e. The minimum Gasteiger partial charge on any atom is -0.493 e. The second-order valence-electron chi connectivity index (χ2n) is 3.67. The smallest absolute Gasteiger partial charge is 0.125 e. The summed E-state index contributed by atoms with van der Waals surface area (Å²) in [6, 6.07) is 5.99. The normalized spacial score (nSPS) is 12.5. The molecule has 0 saturated heterocycles. The molecule has 0 unspecified atom stereocenters. The lowest BCUT2D eigenvalue weighted by Gasteiger charge is -2.14. The second-order valence-corrected chi connectivity index (χ2v) is 5.57. The molecule has 0 bridgehead atoms. The fourth-order valence-corrected chi connectivity index (χ4v) is 2.14. The largest absolute Gasteiger partial charge is 0.493 e. The number of hydrogen-bond donors (Lipinski definition) is 1. The molecule has 0 spiro atoms. The van der Waals surface area contributed by atoms with E-state index in [4.69, 9.17) is 10.5 Å². The van der Waals surface area contributed by atoms with Crippen LogP contribution in [-0.4, -0.2) is 18.6 Å². The van der Waals surface area contributed by atoms with E-state index in [1.165, 1.54) is 0 Å². The standard InChI is InChI=1S/C12H18BrNOS/c1-9(14)11-5-4-10(13)8-12(11)15-6-3-7-16-2/h4-5,8-9H,3,6-7,14H2,1-2H3/t9-/m1/s1. The molecular formula is C12H18BrNOS. The zero-order valence-corrected chi connectivity index (χ0v) is 12.1. The number of ether oxygens (including phenoxy) is 1. The lowest BCUT2D eigenvalue weighted by Crippen LogP contribution is -2.09. The summed E-state index contributed by atoms with van der Waals surface area (Å²) in [6.07, 6.45) is 3.17. The van der Waals surface area contributed by atoms with Crippen molar-refractivity contribution in [2.75, 3.05) is 18.6 Å². The van der Waals surface area contributed by atoms with Crippen molar-refractivity contribution in [3.05, 3.63) is 28.2 Å². The minimum absolute atomic E-state index is 0.00338. The Labute approximate surface area is 110 Å². The van der Waals surface area contributed by atoms with Crippen molar-refractivity contribution < 1.29 is 4.74 Å². The van der Waals surface area contributed by atoms with Crippen molar-refractivity contribution in [3.8, 4) is 5.75 Å². The van der Waals surface area contributed by atoms with Gasteiger partial charge in [-0.2, -0.15) is 11.8 Å². The highest BCUT2D eigenvalue weighted by molar-refractivity contribution is 9.10. The lowest BCUT2D eigenvalue weighted by atomic mass is 10.1. The molecule has 0 radical (unpaired) electrons. The highest BCUT2D eigenvalue weighted by Crippen LogP contribution is 2.27. The number of thioether (sulfide) groups is 1. The maximum atomic E-state index is 5.90. The first-order valence-corrected chi connectivity index (χ1v) is 7.50. The van der Waals surface area contributed by atoms with Crippen LogP contribution >= 0.6 is 27.7 Å². The molecule has 0 aliphatic heterocycles. The molecule has 0 heterocycles. The molecule has 2 nitrogen and oxygen atoms in total. The number of halogens is 1. The molecule has 0 aliphatic carbocycles. The number of benzene rings is 1. The topological polar surface area (TPSA) is 35.2 Å². The first-order valence-electron chi connectivity index (χ1n) is 5.32. The molecule has 0 saturated carbocycles. The van der Waals surface area contributed by atoms with Crippen LogP contribution in [0.5, 0.6) is 5.75 Å². The predicted octanol–water partition coefficient (Wildman–Crippen LogP) is 3.60. The quantitative estimate of drug-likeness (QED) is 0.816. The molecular weight excluding hydrogens is 286 g/mol. The van der Waals surface area contributed by atoms with E-state index in [9.17, 15) is 0 Å². The van der Waals surface area contributed by atoms with Gasteiger partial charge < -0.3 is 10.5 Å². The highest BCUT2D eigenvalue weighted by atomic mass is 79.9. The molecule has 1 aromatic carbocycles. The summed E-state index contributed by atoms with van der Waals surface area (Å²) in [7, 11) is 0. The van der Waals surface area contributed by atoms with E-state index in [1.807, 2.05) is 36.9 Å². The maximum absolute atomic E-state index is 5.90. The molecule has 1 atom stereocenters. The second kappa shape index (κ2) is 7.20. The number of hydrogen-bond acceptors (Lipinski definition) is 3. The van der Waals surface area contributed by atoms with Crippen LogP contribution < -0.4 is 10.5 Å². The molecule has 1 aromatic rings. The van der Waals surface area contributed by atoms with E-state index in [0.29, 0.717) is 0 Å². The molecule has 2 N–H and O–H groups in total. The Hall–Kier alpha value is -0.190. The van der Waals surface area contributed by atoms with Gasteiger partial charge in [0.1, 0.15) is 5.75 Å². The van der Waals surface area contributed by atoms with E-state index in [0.717, 1.165) is 34.6 Å². The van der Waals surface area contributed by atoms with Gasteiger partial charge >= 0.3 is 0 Å². The van der Waals surface area contributed by atoms with E-state index in [-0.39, 0.29) is 6.04 Å². The summed E-state index contributed by atoms with van der Waals surface area (Å²) in [6.45, 7) is 2.72. The van der Waals surface area contributed by atoms with Gasteiger partial charge in [0.25, 0.3) is 0 Å². The summed E-state index contributed by atoms with van der Waals surface area (Å²) in [5.74, 6) is 2.02. The monoisotopic (exact) mass is 303 g/mol. The molecule has 1 rings (SSSR count). The Kier molecular flexibility index (Phi) is 6.24. The minimum atomic E-state index is 0.00338. The van der Waals surface area contributed by atoms with Crippen LogP contribution in [-0.2, 0) is 0 Å². The van der Waals surface area contributed by atoms with Crippen LogP contribution in [0.25, 0.3) is 0 Å². The predicted molar refractivity (Wildman–Crippen MR) is 75.2 cm³/mol. The molecule has 16 heavy (non-hydrogen) atoms. The van der Waals surface area contributed by atoms with Crippen molar-refractivity contribution in [3.63, 3.8) is 0 Å². The van der Waals surface area contributed by atoms with Crippen LogP contribution in [0.2, 0.25) is 0 Å². The third-order valence-electron chi connectivity index (χ3n) is 2.22. The van der Waals surface area contributed by atoms with Gasteiger partial charge in [-0.1, -0.05) is 22.0 Å². The summed E-state index contributed by atoms with van der Waals surface area (Å²) >= 11 is 5.28. The molecule has 0 aromatic heterocycles. The molecule has 0 fully saturated rings. The van der Waals surface area contributed by atoms with Crippen molar-refractivity contribution in [1.82, 2.24) is 0 Å². The van der Waals surface area contributed by atoms with Gasteiger partial charge in [0.2, 0.25) is 0 Å². The van der Waals surface area contributed by atoms with Crippen LogP contribution in [0.4, 0.5) is 0 Å². The van der Waals surface area contributed by atoms with Gasteiger partial charge in [-0.05, 0) is 37.5 Å². The Balaban J connectivity index is 2.65. The van der Waals surface area contributed by atoms with Gasteiger partial charge in [0.15, 0.2) is 0 Å². The first kappa shape index (κ1) is 13.9. The first-order chi connectivity index (χ1) is 7.65. The van der Waals surface area contributed by atoms with Crippen LogP contribution in [0.15, 0.2) is 22.7 Å². The Morgan fingerprint density at radius 3 is 2.88 bits per heavy atom. The number of nitrogens with two attached hydrogens (primary N) is 1. The summed E-state index contributed by atoms with van der Waals surface area (Å²) in [4.78, 5) is 0. The average Bonchev–Trinajstić information content (AvgIpc) is 2.24. The van der Waals surface area contributed by atoms with Gasteiger partial charge in [-0.15, -0.1) is 0 Å². The van der Waals surface area contributed by atoms with Gasteiger partial charge in [0.05, 0.1) is 6.61 Å². The SMILES string of the molecule is CSCCCOc1cc(Br)ccc1[C@@H](C)N. The molecule has 90 valence electrons. The van der Waals surface area contributed by atoms with Gasteiger partial charge in [-0.25, -0.2) is 0 Å². The Morgan fingerprint density at radius 1 is 1.50 bits per heavy atom. The Bertz CT molecular complexity index is 331. The van der Waals surface area contributed by atoms with Crippen LogP contribution in [0.3, 0.4) is 0 Å².